The second-order valence-electron chi connectivity index (χ2n) is 4.22. The van der Waals surface area contributed by atoms with Crippen LogP contribution in [0.4, 0.5) is 0 Å². The van der Waals surface area contributed by atoms with Gasteiger partial charge in [-0.2, -0.15) is 0 Å². The Kier molecular flexibility index (Phi) is 6.81. The summed E-state index contributed by atoms with van der Waals surface area (Å²) in [6, 6.07) is -0.992. The Hall–Kier alpha value is -1.19. The highest BCUT2D eigenvalue weighted by Gasteiger charge is 2.23. The number of carboxylic acids is 1. The molecule has 3 N–H and O–H groups in total. The molecule has 0 heterocycles. The van der Waals surface area contributed by atoms with Crippen LogP contribution in [-0.2, 0) is 24.4 Å². The maximum atomic E-state index is 11.6. The Morgan fingerprint density at radius 3 is 2.28 bits per heavy atom. The first-order valence-electron chi connectivity index (χ1n) is 5.22. The molecule has 18 heavy (non-hydrogen) atoms. The SMILES string of the molecule is CC(C)CC(NS(C)(=O)=O)C(=O)NOCC(=O)O. The Bertz CT molecular complexity index is 392. The molecule has 0 aromatic carbocycles. The van der Waals surface area contributed by atoms with Gasteiger partial charge in [0, 0.05) is 0 Å². The Labute approximate surface area is 106 Å². The van der Waals surface area contributed by atoms with Gasteiger partial charge in [0.1, 0.15) is 6.04 Å². The maximum absolute atomic E-state index is 11.6. The van der Waals surface area contributed by atoms with Crippen LogP contribution < -0.4 is 10.2 Å². The molecule has 0 radical (unpaired) electrons. The van der Waals surface area contributed by atoms with E-state index in [0.29, 0.717) is 0 Å². The lowest BCUT2D eigenvalue weighted by molar-refractivity contribution is -0.150. The number of sulfonamides is 1. The number of aliphatic carboxylic acids is 1. The van der Waals surface area contributed by atoms with Crippen molar-refractivity contribution in [3.05, 3.63) is 0 Å². The minimum atomic E-state index is -3.54. The summed E-state index contributed by atoms with van der Waals surface area (Å²) in [4.78, 5) is 26.2. The summed E-state index contributed by atoms with van der Waals surface area (Å²) in [5.41, 5.74) is 1.90. The summed E-state index contributed by atoms with van der Waals surface area (Å²) >= 11 is 0. The molecule has 1 amide bonds. The highest BCUT2D eigenvalue weighted by atomic mass is 32.2. The van der Waals surface area contributed by atoms with Crippen LogP contribution in [0.2, 0.25) is 0 Å². The summed E-state index contributed by atoms with van der Waals surface area (Å²) < 4.78 is 24.3. The Morgan fingerprint density at radius 2 is 1.89 bits per heavy atom. The van der Waals surface area contributed by atoms with Crippen molar-refractivity contribution < 1.29 is 28.0 Å². The van der Waals surface area contributed by atoms with Crippen molar-refractivity contribution in [3.8, 4) is 0 Å². The number of nitrogens with one attached hydrogen (secondary N) is 2. The number of carboxylic acid groups (broad SMARTS) is 1. The molecule has 0 aliphatic carbocycles. The van der Waals surface area contributed by atoms with E-state index in [-0.39, 0.29) is 12.3 Å². The number of carbonyl (C=O) groups excluding carboxylic acids is 1. The zero-order chi connectivity index (χ0) is 14.3. The molecular weight excluding hydrogens is 264 g/mol. The van der Waals surface area contributed by atoms with Crippen molar-refractivity contribution in [1.82, 2.24) is 10.2 Å². The molecule has 0 aromatic rings. The number of hydroxylamine groups is 1. The molecule has 0 saturated heterocycles. The van der Waals surface area contributed by atoms with Crippen LogP contribution in [0, 0.1) is 5.92 Å². The van der Waals surface area contributed by atoms with Crippen LogP contribution in [0.1, 0.15) is 20.3 Å². The summed E-state index contributed by atoms with van der Waals surface area (Å²) in [6.07, 6.45) is 1.21. The lowest BCUT2D eigenvalue weighted by Gasteiger charge is -2.18. The first-order chi connectivity index (χ1) is 8.11. The van der Waals surface area contributed by atoms with Crippen LogP contribution in [0.25, 0.3) is 0 Å². The fourth-order valence-corrected chi connectivity index (χ4v) is 1.90. The number of hydrogen-bond acceptors (Lipinski definition) is 5. The summed E-state index contributed by atoms with van der Waals surface area (Å²) in [5.74, 6) is -1.89. The average Bonchev–Trinajstić information content (AvgIpc) is 2.12. The average molecular weight is 282 g/mol. The molecule has 1 atom stereocenters. The fourth-order valence-electron chi connectivity index (χ4n) is 1.18. The smallest absolute Gasteiger partial charge is 0.332 e. The third-order valence-electron chi connectivity index (χ3n) is 1.75. The van der Waals surface area contributed by atoms with Gasteiger partial charge in [0.2, 0.25) is 10.0 Å². The number of amides is 1. The van der Waals surface area contributed by atoms with E-state index in [2.05, 4.69) is 9.56 Å². The number of carbonyl (C=O) groups is 2. The van der Waals surface area contributed by atoms with Gasteiger partial charge in [0.25, 0.3) is 5.91 Å². The van der Waals surface area contributed by atoms with Crippen molar-refractivity contribution in [2.24, 2.45) is 5.92 Å². The lowest BCUT2D eigenvalue weighted by atomic mass is 10.0. The van der Waals surface area contributed by atoms with E-state index < -0.39 is 34.5 Å². The number of rotatable bonds is 8. The molecule has 0 rings (SSSR count). The molecule has 1 unspecified atom stereocenters. The van der Waals surface area contributed by atoms with Crippen LogP contribution in [0.5, 0.6) is 0 Å². The quantitative estimate of drug-likeness (QED) is 0.495. The van der Waals surface area contributed by atoms with Crippen molar-refractivity contribution in [3.63, 3.8) is 0 Å². The minimum absolute atomic E-state index is 0.0782. The van der Waals surface area contributed by atoms with Crippen molar-refractivity contribution in [2.75, 3.05) is 12.9 Å². The molecule has 0 aliphatic heterocycles. The maximum Gasteiger partial charge on any atom is 0.332 e. The van der Waals surface area contributed by atoms with Crippen LogP contribution in [-0.4, -0.2) is 44.3 Å². The molecule has 106 valence electrons. The van der Waals surface area contributed by atoms with Gasteiger partial charge in [-0.15, -0.1) is 0 Å². The van der Waals surface area contributed by atoms with E-state index in [1.54, 1.807) is 0 Å². The normalized spacial score (nSPS) is 13.3. The molecule has 0 bridgehead atoms. The van der Waals surface area contributed by atoms with E-state index in [4.69, 9.17) is 5.11 Å². The van der Waals surface area contributed by atoms with Gasteiger partial charge in [-0.3, -0.25) is 9.63 Å². The summed E-state index contributed by atoms with van der Waals surface area (Å²) in [7, 11) is -3.54. The van der Waals surface area contributed by atoms with E-state index in [9.17, 15) is 18.0 Å². The minimum Gasteiger partial charge on any atom is -0.479 e. The van der Waals surface area contributed by atoms with Gasteiger partial charge < -0.3 is 5.11 Å². The van der Waals surface area contributed by atoms with Crippen LogP contribution in [0.15, 0.2) is 0 Å². The molecule has 9 heteroatoms. The Balaban J connectivity index is 4.45. The third-order valence-corrected chi connectivity index (χ3v) is 2.46. The van der Waals surface area contributed by atoms with Crippen molar-refractivity contribution in [1.29, 1.82) is 0 Å². The van der Waals surface area contributed by atoms with Crippen molar-refractivity contribution in [2.45, 2.75) is 26.3 Å². The van der Waals surface area contributed by atoms with Crippen LogP contribution in [0.3, 0.4) is 0 Å². The lowest BCUT2D eigenvalue weighted by Crippen LogP contribution is -2.47. The topological polar surface area (TPSA) is 122 Å². The van der Waals surface area contributed by atoms with E-state index >= 15 is 0 Å². The Morgan fingerprint density at radius 1 is 1.33 bits per heavy atom. The summed E-state index contributed by atoms with van der Waals surface area (Å²) in [5, 5.41) is 8.31. The highest BCUT2D eigenvalue weighted by Crippen LogP contribution is 2.05. The van der Waals surface area contributed by atoms with E-state index in [1.165, 1.54) is 0 Å². The fraction of sp³-hybridized carbons (Fsp3) is 0.778. The molecule has 0 fully saturated rings. The molecule has 0 spiro atoms. The molecule has 0 aromatic heterocycles. The van der Waals surface area contributed by atoms with Gasteiger partial charge in [-0.25, -0.2) is 23.4 Å². The first kappa shape index (κ1) is 16.8. The molecule has 0 saturated carbocycles. The first-order valence-corrected chi connectivity index (χ1v) is 7.11. The van der Waals surface area contributed by atoms with Gasteiger partial charge in [0.15, 0.2) is 6.61 Å². The standard InChI is InChI=1S/C9H18N2O6S/c1-6(2)4-7(11-18(3,15)16)9(14)10-17-5-8(12)13/h6-7,11H,4-5H2,1-3H3,(H,10,14)(H,12,13). The van der Waals surface area contributed by atoms with Crippen LogP contribution >= 0.6 is 0 Å². The molecular formula is C9H18N2O6S. The van der Waals surface area contributed by atoms with Gasteiger partial charge in [0.05, 0.1) is 6.26 Å². The highest BCUT2D eigenvalue weighted by molar-refractivity contribution is 7.88. The second-order valence-corrected chi connectivity index (χ2v) is 6.00. The molecule has 8 nitrogen and oxygen atoms in total. The van der Waals surface area contributed by atoms with E-state index in [0.717, 1.165) is 6.26 Å². The number of hydrogen-bond donors (Lipinski definition) is 3. The predicted octanol–water partition coefficient (Wildman–Crippen LogP) is -0.917. The third kappa shape index (κ3) is 8.90. The largest absolute Gasteiger partial charge is 0.479 e. The van der Waals surface area contributed by atoms with Crippen molar-refractivity contribution >= 4 is 21.9 Å². The van der Waals surface area contributed by atoms with Gasteiger partial charge >= 0.3 is 5.97 Å². The van der Waals surface area contributed by atoms with E-state index in [1.807, 2.05) is 19.3 Å². The monoisotopic (exact) mass is 282 g/mol. The molecule has 0 aliphatic rings. The summed E-state index contributed by atoms with van der Waals surface area (Å²) in [6.45, 7) is 2.95. The second kappa shape index (κ2) is 7.29. The van der Waals surface area contributed by atoms with Gasteiger partial charge in [-0.1, -0.05) is 13.8 Å². The van der Waals surface area contributed by atoms with Gasteiger partial charge in [-0.05, 0) is 12.3 Å². The predicted molar refractivity (Wildman–Crippen MR) is 63.0 cm³/mol. The zero-order valence-electron chi connectivity index (χ0n) is 10.5. The zero-order valence-corrected chi connectivity index (χ0v) is 11.3.